The Labute approximate surface area is 140 Å². The molecule has 0 saturated carbocycles. The van der Waals surface area contributed by atoms with Crippen LogP contribution < -0.4 is 15.4 Å². The average molecular weight is 341 g/mol. The lowest BCUT2D eigenvalue weighted by Crippen LogP contribution is -2.47. The fraction of sp³-hybridized carbons (Fsp3) is 0.562. The molecular weight excluding hydrogens is 317 g/mol. The smallest absolute Gasteiger partial charge is 0.317 e. The van der Waals surface area contributed by atoms with Crippen LogP contribution in [0, 0.1) is 5.82 Å². The Kier molecular flexibility index (Phi) is 7.73. The zero-order chi connectivity index (χ0) is 17.2. The number of ether oxygens (including phenoxy) is 2. The van der Waals surface area contributed by atoms with Crippen LogP contribution in [0.3, 0.4) is 0 Å². The van der Waals surface area contributed by atoms with Crippen molar-refractivity contribution < 1.29 is 23.8 Å². The zero-order valence-corrected chi connectivity index (χ0v) is 13.5. The number of nitrogens with zero attached hydrogens (tertiary/aromatic N) is 1. The molecule has 7 nitrogen and oxygen atoms in total. The predicted octanol–water partition coefficient (Wildman–Crippen LogP) is 0.197. The van der Waals surface area contributed by atoms with Crippen LogP contribution in [0.1, 0.15) is 0 Å². The molecule has 1 aromatic carbocycles. The standard InChI is InChI=1S/C16H24FN3O4/c17-13-1-3-15(4-2-13)24-12-14(21)11-18-5-6-19-16(22)20-7-9-23-10-8-20/h1-4,14,18,21H,5-12H2,(H,19,22). The summed E-state index contributed by atoms with van der Waals surface area (Å²) >= 11 is 0. The molecule has 0 aliphatic carbocycles. The summed E-state index contributed by atoms with van der Waals surface area (Å²) in [4.78, 5) is 13.5. The van der Waals surface area contributed by atoms with Gasteiger partial charge in [0, 0.05) is 32.7 Å². The van der Waals surface area contributed by atoms with Crippen molar-refractivity contribution in [2.75, 3.05) is 52.5 Å². The van der Waals surface area contributed by atoms with Crippen molar-refractivity contribution in [2.24, 2.45) is 0 Å². The number of carbonyl (C=O) groups is 1. The number of aliphatic hydroxyl groups is 1. The van der Waals surface area contributed by atoms with Gasteiger partial charge in [0.25, 0.3) is 0 Å². The van der Waals surface area contributed by atoms with Gasteiger partial charge in [-0.1, -0.05) is 0 Å². The summed E-state index contributed by atoms with van der Waals surface area (Å²) < 4.78 is 23.3. The van der Waals surface area contributed by atoms with Crippen LogP contribution in [0.4, 0.5) is 9.18 Å². The van der Waals surface area contributed by atoms with Gasteiger partial charge in [0.2, 0.25) is 0 Å². The van der Waals surface area contributed by atoms with Gasteiger partial charge in [-0.25, -0.2) is 9.18 Å². The summed E-state index contributed by atoms with van der Waals surface area (Å²) in [5, 5.41) is 15.7. The van der Waals surface area contributed by atoms with Gasteiger partial charge in [-0.2, -0.15) is 0 Å². The first-order chi connectivity index (χ1) is 11.6. The normalized spacial score (nSPS) is 15.8. The van der Waals surface area contributed by atoms with Gasteiger partial charge in [0.1, 0.15) is 24.3 Å². The van der Waals surface area contributed by atoms with Crippen LogP contribution in [0.2, 0.25) is 0 Å². The quantitative estimate of drug-likeness (QED) is 0.588. The number of carbonyl (C=O) groups excluding carboxylic acids is 1. The highest BCUT2D eigenvalue weighted by Crippen LogP contribution is 2.11. The second kappa shape index (κ2) is 10.1. The van der Waals surface area contributed by atoms with Crippen LogP contribution in [-0.4, -0.2) is 74.7 Å². The fourth-order valence-electron chi connectivity index (χ4n) is 2.19. The molecule has 1 aliphatic heterocycles. The molecule has 2 amide bonds. The van der Waals surface area contributed by atoms with Crippen molar-refractivity contribution in [1.29, 1.82) is 0 Å². The van der Waals surface area contributed by atoms with Gasteiger partial charge in [-0.3, -0.25) is 0 Å². The van der Waals surface area contributed by atoms with Gasteiger partial charge >= 0.3 is 6.03 Å². The lowest BCUT2D eigenvalue weighted by molar-refractivity contribution is 0.0532. The molecule has 0 bridgehead atoms. The Hall–Kier alpha value is -1.90. The van der Waals surface area contributed by atoms with E-state index in [9.17, 15) is 14.3 Å². The van der Waals surface area contributed by atoms with E-state index in [2.05, 4.69) is 10.6 Å². The Morgan fingerprint density at radius 1 is 1.29 bits per heavy atom. The van der Waals surface area contributed by atoms with E-state index in [1.165, 1.54) is 24.3 Å². The van der Waals surface area contributed by atoms with E-state index in [-0.39, 0.29) is 18.5 Å². The SMILES string of the molecule is O=C(NCCNCC(O)COc1ccc(F)cc1)N1CCOCC1. The van der Waals surface area contributed by atoms with E-state index < -0.39 is 6.10 Å². The molecule has 8 heteroatoms. The molecule has 1 unspecified atom stereocenters. The number of morpholine rings is 1. The lowest BCUT2D eigenvalue weighted by atomic mass is 10.3. The minimum atomic E-state index is -0.690. The molecule has 2 rings (SSSR count). The largest absolute Gasteiger partial charge is 0.491 e. The summed E-state index contributed by atoms with van der Waals surface area (Å²) in [6.07, 6.45) is -0.690. The first-order valence-corrected chi connectivity index (χ1v) is 8.03. The monoisotopic (exact) mass is 341 g/mol. The Balaban J connectivity index is 1.50. The molecule has 0 radical (unpaired) electrons. The van der Waals surface area contributed by atoms with E-state index in [4.69, 9.17) is 9.47 Å². The molecule has 1 saturated heterocycles. The average Bonchev–Trinajstić information content (AvgIpc) is 2.61. The summed E-state index contributed by atoms with van der Waals surface area (Å²) in [6, 6.07) is 5.53. The number of amides is 2. The predicted molar refractivity (Wildman–Crippen MR) is 86.6 cm³/mol. The first-order valence-electron chi connectivity index (χ1n) is 8.03. The highest BCUT2D eigenvalue weighted by molar-refractivity contribution is 5.74. The highest BCUT2D eigenvalue weighted by atomic mass is 19.1. The zero-order valence-electron chi connectivity index (χ0n) is 13.5. The van der Waals surface area contributed by atoms with Crippen molar-refractivity contribution in [2.45, 2.75) is 6.10 Å². The minimum Gasteiger partial charge on any atom is -0.491 e. The van der Waals surface area contributed by atoms with Crippen molar-refractivity contribution in [3.8, 4) is 5.75 Å². The number of halogens is 1. The summed E-state index contributed by atoms with van der Waals surface area (Å²) in [5.74, 6) is 0.178. The van der Waals surface area contributed by atoms with Gasteiger partial charge in [0.05, 0.1) is 13.2 Å². The number of aliphatic hydroxyl groups excluding tert-OH is 1. The van der Waals surface area contributed by atoms with E-state index in [1.807, 2.05) is 0 Å². The molecule has 1 heterocycles. The van der Waals surface area contributed by atoms with E-state index in [0.717, 1.165) is 0 Å². The van der Waals surface area contributed by atoms with Crippen LogP contribution >= 0.6 is 0 Å². The maximum atomic E-state index is 12.7. The molecule has 1 fully saturated rings. The van der Waals surface area contributed by atoms with Gasteiger partial charge in [-0.05, 0) is 24.3 Å². The summed E-state index contributed by atoms with van der Waals surface area (Å²) in [7, 11) is 0. The van der Waals surface area contributed by atoms with Crippen molar-refractivity contribution >= 4 is 6.03 Å². The second-order valence-corrected chi connectivity index (χ2v) is 5.45. The number of nitrogens with one attached hydrogen (secondary N) is 2. The second-order valence-electron chi connectivity index (χ2n) is 5.45. The molecule has 1 aliphatic rings. The third kappa shape index (κ3) is 6.69. The van der Waals surface area contributed by atoms with Gasteiger partial charge in [0.15, 0.2) is 0 Å². The Morgan fingerprint density at radius 2 is 2.00 bits per heavy atom. The van der Waals surface area contributed by atoms with Crippen LogP contribution in [0.25, 0.3) is 0 Å². The van der Waals surface area contributed by atoms with E-state index in [0.29, 0.717) is 51.7 Å². The lowest BCUT2D eigenvalue weighted by Gasteiger charge is -2.27. The van der Waals surface area contributed by atoms with Crippen LogP contribution in [0.5, 0.6) is 5.75 Å². The Morgan fingerprint density at radius 3 is 2.71 bits per heavy atom. The van der Waals surface area contributed by atoms with Crippen LogP contribution in [-0.2, 0) is 4.74 Å². The number of urea groups is 1. The topological polar surface area (TPSA) is 83.1 Å². The molecule has 0 aromatic heterocycles. The molecule has 0 spiro atoms. The van der Waals surface area contributed by atoms with Crippen molar-refractivity contribution in [3.63, 3.8) is 0 Å². The number of benzene rings is 1. The number of rotatable bonds is 8. The first kappa shape index (κ1) is 18.4. The highest BCUT2D eigenvalue weighted by Gasteiger charge is 2.15. The molecule has 134 valence electrons. The molecule has 1 aromatic rings. The third-order valence-corrected chi connectivity index (χ3v) is 3.51. The maximum Gasteiger partial charge on any atom is 0.317 e. The van der Waals surface area contributed by atoms with Gasteiger partial charge < -0.3 is 30.1 Å². The maximum absolute atomic E-state index is 12.7. The van der Waals surface area contributed by atoms with E-state index in [1.54, 1.807) is 4.90 Å². The number of hydrogen-bond donors (Lipinski definition) is 3. The Bertz CT molecular complexity index is 495. The number of hydrogen-bond acceptors (Lipinski definition) is 5. The van der Waals surface area contributed by atoms with Crippen LogP contribution in [0.15, 0.2) is 24.3 Å². The molecule has 1 atom stereocenters. The van der Waals surface area contributed by atoms with Gasteiger partial charge in [-0.15, -0.1) is 0 Å². The molecular formula is C16H24FN3O4. The molecule has 3 N–H and O–H groups in total. The van der Waals surface area contributed by atoms with Crippen molar-refractivity contribution in [3.05, 3.63) is 30.1 Å². The van der Waals surface area contributed by atoms with Crippen molar-refractivity contribution in [1.82, 2.24) is 15.5 Å². The molecule has 24 heavy (non-hydrogen) atoms. The summed E-state index contributed by atoms with van der Waals surface area (Å²) in [5.41, 5.74) is 0. The minimum absolute atomic E-state index is 0.0970. The third-order valence-electron chi connectivity index (χ3n) is 3.51. The summed E-state index contributed by atoms with van der Waals surface area (Å²) in [6.45, 7) is 3.84. The van der Waals surface area contributed by atoms with E-state index >= 15 is 0 Å². The fourth-order valence-corrected chi connectivity index (χ4v) is 2.19.